The lowest BCUT2D eigenvalue weighted by molar-refractivity contribution is 0.415. The Hall–Kier alpha value is -2.14. The van der Waals surface area contributed by atoms with Crippen molar-refractivity contribution in [2.75, 3.05) is 19.1 Å². The molecular formula is C15H15N3OS. The van der Waals surface area contributed by atoms with Gasteiger partial charge < -0.3 is 10.5 Å². The summed E-state index contributed by atoms with van der Waals surface area (Å²) in [6.07, 6.45) is 2.05. The summed E-state index contributed by atoms with van der Waals surface area (Å²) in [6, 6.07) is 13.9. The summed E-state index contributed by atoms with van der Waals surface area (Å²) in [5.74, 6) is 1.26. The zero-order valence-corrected chi connectivity index (χ0v) is 12.1. The van der Waals surface area contributed by atoms with Gasteiger partial charge in [-0.15, -0.1) is 11.8 Å². The maximum atomic E-state index is 6.10. The number of nitrogens with zero attached hydrogens (tertiary/aromatic N) is 2. The molecule has 0 unspecified atom stereocenters. The number of thioether (sulfide) groups is 1. The fourth-order valence-corrected chi connectivity index (χ4v) is 2.86. The molecule has 0 amide bonds. The van der Waals surface area contributed by atoms with Crippen molar-refractivity contribution >= 4 is 28.7 Å². The van der Waals surface area contributed by atoms with Gasteiger partial charge in [0.2, 0.25) is 5.95 Å². The molecule has 0 saturated carbocycles. The largest absolute Gasteiger partial charge is 0.497 e. The lowest BCUT2D eigenvalue weighted by Gasteiger charge is -2.10. The summed E-state index contributed by atoms with van der Waals surface area (Å²) in [6.45, 7) is 0. The van der Waals surface area contributed by atoms with E-state index in [9.17, 15) is 0 Å². The predicted molar refractivity (Wildman–Crippen MR) is 83.8 cm³/mol. The van der Waals surface area contributed by atoms with E-state index in [2.05, 4.69) is 17.3 Å². The minimum atomic E-state index is 0.481. The minimum absolute atomic E-state index is 0.481. The lowest BCUT2D eigenvalue weighted by Crippen LogP contribution is -2.01. The minimum Gasteiger partial charge on any atom is -0.497 e. The van der Waals surface area contributed by atoms with E-state index in [4.69, 9.17) is 10.5 Å². The van der Waals surface area contributed by atoms with Crippen molar-refractivity contribution in [2.24, 2.45) is 0 Å². The smallest absolute Gasteiger partial charge is 0.205 e. The number of para-hydroxylation sites is 1. The molecule has 0 radical (unpaired) electrons. The molecule has 0 aliphatic rings. The van der Waals surface area contributed by atoms with Gasteiger partial charge in [0.1, 0.15) is 5.75 Å². The van der Waals surface area contributed by atoms with E-state index in [-0.39, 0.29) is 0 Å². The van der Waals surface area contributed by atoms with Crippen molar-refractivity contribution < 1.29 is 4.74 Å². The molecule has 2 N–H and O–H groups in total. The first-order valence-corrected chi connectivity index (χ1v) is 7.42. The zero-order chi connectivity index (χ0) is 14.1. The third kappa shape index (κ3) is 2.00. The summed E-state index contributed by atoms with van der Waals surface area (Å²) < 4.78 is 7.20. The van der Waals surface area contributed by atoms with Crippen LogP contribution in [0.25, 0.3) is 16.7 Å². The van der Waals surface area contributed by atoms with E-state index in [1.165, 1.54) is 0 Å². The van der Waals surface area contributed by atoms with Crippen LogP contribution in [-0.4, -0.2) is 22.9 Å². The van der Waals surface area contributed by atoms with Crippen LogP contribution in [0.3, 0.4) is 0 Å². The van der Waals surface area contributed by atoms with E-state index >= 15 is 0 Å². The third-order valence-electron chi connectivity index (χ3n) is 3.21. The first-order chi connectivity index (χ1) is 9.74. The second-order valence-corrected chi connectivity index (χ2v) is 5.18. The van der Waals surface area contributed by atoms with Crippen LogP contribution < -0.4 is 10.5 Å². The highest BCUT2D eigenvalue weighted by molar-refractivity contribution is 7.98. The number of benzene rings is 2. The highest BCUT2D eigenvalue weighted by Crippen LogP contribution is 2.30. The number of fused-ring (bicyclic) bond motifs is 1. The van der Waals surface area contributed by atoms with E-state index in [1.807, 2.05) is 41.0 Å². The van der Waals surface area contributed by atoms with Crippen molar-refractivity contribution in [3.05, 3.63) is 42.5 Å². The summed E-state index contributed by atoms with van der Waals surface area (Å²) in [5, 5.41) is 0. The maximum Gasteiger partial charge on any atom is 0.205 e. The second-order valence-electron chi connectivity index (χ2n) is 4.33. The summed E-state index contributed by atoms with van der Waals surface area (Å²) in [7, 11) is 1.64. The summed E-state index contributed by atoms with van der Waals surface area (Å²) in [5.41, 5.74) is 8.96. The number of imidazole rings is 1. The molecule has 4 nitrogen and oxygen atoms in total. The Balaban J connectivity index is 2.28. The Labute approximate surface area is 121 Å². The average molecular weight is 285 g/mol. The molecule has 3 aromatic rings. The van der Waals surface area contributed by atoms with E-state index in [1.54, 1.807) is 18.9 Å². The number of anilines is 1. The highest BCUT2D eigenvalue weighted by atomic mass is 32.2. The SMILES string of the molecule is COc1ccc2c(c1)nc(N)n2-c1ccccc1SC. The molecule has 0 spiro atoms. The van der Waals surface area contributed by atoms with Crippen molar-refractivity contribution in [1.29, 1.82) is 0 Å². The van der Waals surface area contributed by atoms with Gasteiger partial charge in [0.05, 0.1) is 23.8 Å². The molecule has 2 aromatic carbocycles. The number of ether oxygens (including phenoxy) is 1. The van der Waals surface area contributed by atoms with Gasteiger partial charge in [0, 0.05) is 11.0 Å². The number of hydrogen-bond acceptors (Lipinski definition) is 4. The number of methoxy groups -OCH3 is 1. The Morgan fingerprint density at radius 3 is 2.75 bits per heavy atom. The molecule has 20 heavy (non-hydrogen) atoms. The predicted octanol–water partition coefficient (Wildman–Crippen LogP) is 3.34. The van der Waals surface area contributed by atoms with Crippen LogP contribution in [-0.2, 0) is 0 Å². The Morgan fingerprint density at radius 2 is 2.00 bits per heavy atom. The molecule has 0 aliphatic heterocycles. The number of hydrogen-bond donors (Lipinski definition) is 1. The van der Waals surface area contributed by atoms with Crippen LogP contribution >= 0.6 is 11.8 Å². The Kier molecular flexibility index (Phi) is 3.28. The van der Waals surface area contributed by atoms with E-state index < -0.39 is 0 Å². The molecule has 0 aliphatic carbocycles. The van der Waals surface area contributed by atoms with Gasteiger partial charge in [0.15, 0.2) is 0 Å². The molecule has 0 saturated heterocycles. The highest BCUT2D eigenvalue weighted by Gasteiger charge is 2.13. The Bertz CT molecular complexity index is 767. The fraction of sp³-hybridized carbons (Fsp3) is 0.133. The van der Waals surface area contributed by atoms with Gasteiger partial charge in [-0.1, -0.05) is 12.1 Å². The van der Waals surface area contributed by atoms with Gasteiger partial charge in [-0.25, -0.2) is 4.98 Å². The molecule has 5 heteroatoms. The van der Waals surface area contributed by atoms with E-state index in [0.29, 0.717) is 5.95 Å². The van der Waals surface area contributed by atoms with Gasteiger partial charge >= 0.3 is 0 Å². The van der Waals surface area contributed by atoms with Gasteiger partial charge in [-0.05, 0) is 30.5 Å². The van der Waals surface area contributed by atoms with Crippen LogP contribution in [0.4, 0.5) is 5.95 Å². The van der Waals surface area contributed by atoms with Gasteiger partial charge in [-0.2, -0.15) is 0 Å². The fourth-order valence-electron chi connectivity index (χ4n) is 2.27. The molecule has 0 atom stereocenters. The van der Waals surface area contributed by atoms with Gasteiger partial charge in [-0.3, -0.25) is 4.57 Å². The average Bonchev–Trinajstić information content (AvgIpc) is 2.81. The maximum absolute atomic E-state index is 6.10. The van der Waals surface area contributed by atoms with Crippen LogP contribution in [0.1, 0.15) is 0 Å². The van der Waals surface area contributed by atoms with Crippen molar-refractivity contribution in [3.8, 4) is 11.4 Å². The van der Waals surface area contributed by atoms with Crippen molar-refractivity contribution in [2.45, 2.75) is 4.90 Å². The second kappa shape index (κ2) is 5.09. The summed E-state index contributed by atoms with van der Waals surface area (Å²) >= 11 is 1.69. The number of nitrogen functional groups attached to an aromatic ring is 1. The van der Waals surface area contributed by atoms with E-state index in [0.717, 1.165) is 27.4 Å². The Morgan fingerprint density at radius 1 is 1.20 bits per heavy atom. The molecule has 0 bridgehead atoms. The monoisotopic (exact) mass is 285 g/mol. The first-order valence-electron chi connectivity index (χ1n) is 6.20. The van der Waals surface area contributed by atoms with Crippen LogP contribution in [0, 0.1) is 0 Å². The normalized spacial score (nSPS) is 10.9. The third-order valence-corrected chi connectivity index (χ3v) is 4.00. The van der Waals surface area contributed by atoms with Gasteiger partial charge in [0.25, 0.3) is 0 Å². The summed E-state index contributed by atoms with van der Waals surface area (Å²) in [4.78, 5) is 5.59. The number of aromatic nitrogens is 2. The number of rotatable bonds is 3. The molecule has 3 rings (SSSR count). The van der Waals surface area contributed by atoms with Crippen molar-refractivity contribution in [3.63, 3.8) is 0 Å². The number of nitrogens with two attached hydrogens (primary N) is 1. The quantitative estimate of drug-likeness (QED) is 0.750. The molecule has 0 fully saturated rings. The standard InChI is InChI=1S/C15H15N3OS/c1-19-10-7-8-12-11(9-10)17-15(16)18(12)13-5-3-4-6-14(13)20-2/h3-9H,1-2H3,(H2,16,17). The lowest BCUT2D eigenvalue weighted by atomic mass is 10.2. The van der Waals surface area contributed by atoms with Crippen LogP contribution in [0.5, 0.6) is 5.75 Å². The molecule has 102 valence electrons. The van der Waals surface area contributed by atoms with Crippen LogP contribution in [0.15, 0.2) is 47.4 Å². The molecular weight excluding hydrogens is 270 g/mol. The first kappa shape index (κ1) is 12.9. The molecule has 1 aromatic heterocycles. The topological polar surface area (TPSA) is 53.1 Å². The zero-order valence-electron chi connectivity index (χ0n) is 11.3. The molecule has 1 heterocycles. The van der Waals surface area contributed by atoms with Crippen LogP contribution in [0.2, 0.25) is 0 Å². The van der Waals surface area contributed by atoms with Crippen molar-refractivity contribution in [1.82, 2.24) is 9.55 Å².